The van der Waals surface area contributed by atoms with Gasteiger partial charge < -0.3 is 15.4 Å². The summed E-state index contributed by atoms with van der Waals surface area (Å²) in [6.07, 6.45) is -3.51. The number of alkyl halides is 3. The lowest BCUT2D eigenvalue weighted by Gasteiger charge is -2.39. The van der Waals surface area contributed by atoms with Crippen LogP contribution in [-0.4, -0.2) is 47.3 Å². The van der Waals surface area contributed by atoms with Crippen molar-refractivity contribution in [2.45, 2.75) is 43.4 Å². The molecule has 3 aliphatic rings. The Morgan fingerprint density at radius 1 is 1.17 bits per heavy atom. The van der Waals surface area contributed by atoms with Crippen LogP contribution in [0.5, 0.6) is 0 Å². The summed E-state index contributed by atoms with van der Waals surface area (Å²) in [5.41, 5.74) is -5.69. The number of fused-ring (bicyclic) bond motifs is 2. The zero-order valence-corrected chi connectivity index (χ0v) is 26.7. The Balaban J connectivity index is 1.56. The highest BCUT2D eigenvalue weighted by Crippen LogP contribution is 2.61. The average Bonchev–Trinajstić information content (AvgIpc) is 3.75. The number of hydrogen-bond donors (Lipinski definition) is 2. The molecule has 252 valence electrons. The summed E-state index contributed by atoms with van der Waals surface area (Å²) >= 11 is 12.5. The number of methoxy groups -OCH3 is 1. The van der Waals surface area contributed by atoms with Crippen molar-refractivity contribution >= 4 is 58.0 Å². The molecule has 0 bridgehead atoms. The number of hydrogen-bond acceptors (Lipinski definition) is 7. The van der Waals surface area contributed by atoms with Gasteiger partial charge in [0.2, 0.25) is 11.8 Å². The van der Waals surface area contributed by atoms with E-state index in [0.29, 0.717) is 28.9 Å². The van der Waals surface area contributed by atoms with Gasteiger partial charge in [0.15, 0.2) is 0 Å². The zero-order valence-electron chi connectivity index (χ0n) is 25.2. The molecule has 1 aliphatic carbocycles. The first-order valence-electron chi connectivity index (χ1n) is 14.7. The van der Waals surface area contributed by atoms with Gasteiger partial charge in [-0.3, -0.25) is 24.6 Å². The third-order valence-corrected chi connectivity index (χ3v) is 9.86. The maximum Gasteiger partial charge on any atom is 0.417 e. The summed E-state index contributed by atoms with van der Waals surface area (Å²) in [6.45, 7) is 1.94. The molecule has 0 aromatic heterocycles. The lowest BCUT2D eigenvalue weighted by atomic mass is 9.71. The number of halogens is 6. The molecule has 6 rings (SSSR count). The Labute approximate surface area is 280 Å². The van der Waals surface area contributed by atoms with Gasteiger partial charge in [0, 0.05) is 40.8 Å². The molecule has 1 spiro atoms. The average molecular weight is 709 g/mol. The number of nitrogens with one attached hydrogen (secondary N) is 2. The van der Waals surface area contributed by atoms with E-state index < -0.39 is 80.6 Å². The second-order valence-electron chi connectivity index (χ2n) is 12.0. The van der Waals surface area contributed by atoms with Gasteiger partial charge in [-0.05, 0) is 55.5 Å². The normalized spacial score (nSPS) is 23.6. The predicted octanol–water partition coefficient (Wildman–Crippen LogP) is 7.15. The molecule has 16 heteroatoms. The predicted molar refractivity (Wildman–Crippen MR) is 166 cm³/mol. The van der Waals surface area contributed by atoms with Crippen LogP contribution in [0.2, 0.25) is 10.0 Å². The van der Waals surface area contributed by atoms with Crippen LogP contribution in [-0.2, 0) is 26.0 Å². The molecule has 1 saturated carbocycles. The smallest absolute Gasteiger partial charge is 0.417 e. The van der Waals surface area contributed by atoms with Crippen molar-refractivity contribution in [3.8, 4) is 0 Å². The number of nitro groups is 1. The Bertz CT molecular complexity index is 1890. The second kappa shape index (κ2) is 12.0. The molecule has 2 aliphatic heterocycles. The molecule has 0 radical (unpaired) electrons. The van der Waals surface area contributed by atoms with Crippen molar-refractivity contribution in [3.05, 3.63) is 96.8 Å². The minimum atomic E-state index is -5.18. The van der Waals surface area contributed by atoms with Crippen LogP contribution in [0.4, 0.5) is 34.6 Å². The number of nitro benzene ring substituents is 1. The number of likely N-dealkylation sites (tertiary alicyclic amines) is 1. The fraction of sp³-hybridized carbons (Fsp3) is 0.344. The summed E-state index contributed by atoms with van der Waals surface area (Å²) in [5.74, 6) is -6.57. The van der Waals surface area contributed by atoms with Gasteiger partial charge >= 0.3 is 12.1 Å². The van der Waals surface area contributed by atoms with E-state index in [-0.39, 0.29) is 22.6 Å². The minimum Gasteiger partial charge on any atom is -0.465 e. The summed E-state index contributed by atoms with van der Waals surface area (Å²) in [7, 11) is 0.815. The highest BCUT2D eigenvalue weighted by atomic mass is 35.5. The molecular weight excluding hydrogens is 683 g/mol. The standard InChI is InChI=1S/C32H26Cl2F4N4O6/c1-14-25(28(43)39-23-12-20(32(36,37)38)18(29(44)48-2)11-24(23)42(46)47)26(17-4-3-5-21(34)27(17)35)31(41(14)13-15-6-7-15)19-9-8-16(33)10-22(19)40-30(31)45/h3-5,8-12,14-15,25-26H,6-7,13H2,1-2H3,(H,39,43)(H,40,45)/t14-,25+,26-,31+/m0/s1. The number of carbonyl (C=O) groups is 3. The van der Waals surface area contributed by atoms with Crippen LogP contribution in [0.25, 0.3) is 0 Å². The third kappa shape index (κ3) is 5.35. The monoisotopic (exact) mass is 708 g/mol. The first kappa shape index (κ1) is 33.6. The van der Waals surface area contributed by atoms with Crippen molar-refractivity contribution in [1.29, 1.82) is 0 Å². The van der Waals surface area contributed by atoms with Crippen LogP contribution < -0.4 is 10.6 Å². The SMILES string of the molecule is COC(=O)c1cc([N+](=O)[O-])c(NC(=O)[C@@H]2[C@H](C)N(CC3CC3)[C@@]3(C(=O)Nc4cc(Cl)ccc43)[C@H]2c2cccc(Cl)c2F)cc1C(F)(F)F. The molecule has 2 heterocycles. The van der Waals surface area contributed by atoms with E-state index in [9.17, 15) is 37.7 Å². The number of rotatable bonds is 7. The van der Waals surface area contributed by atoms with Crippen LogP contribution >= 0.6 is 23.2 Å². The van der Waals surface area contributed by atoms with Gasteiger partial charge in [0.1, 0.15) is 17.0 Å². The summed E-state index contributed by atoms with van der Waals surface area (Å²) < 4.78 is 62.8. The number of benzene rings is 3. The van der Waals surface area contributed by atoms with Crippen molar-refractivity contribution in [2.75, 3.05) is 24.3 Å². The van der Waals surface area contributed by atoms with Gasteiger partial charge in [-0.2, -0.15) is 13.2 Å². The van der Waals surface area contributed by atoms with E-state index in [2.05, 4.69) is 15.4 Å². The van der Waals surface area contributed by atoms with Gasteiger partial charge in [0.25, 0.3) is 5.69 Å². The highest BCUT2D eigenvalue weighted by molar-refractivity contribution is 6.31. The molecule has 10 nitrogen and oxygen atoms in total. The number of anilines is 2. The summed E-state index contributed by atoms with van der Waals surface area (Å²) in [5, 5.41) is 17.1. The topological polar surface area (TPSA) is 131 Å². The second-order valence-corrected chi connectivity index (χ2v) is 12.9. The minimum absolute atomic E-state index is 0.114. The van der Waals surface area contributed by atoms with Gasteiger partial charge in [-0.15, -0.1) is 0 Å². The maximum absolute atomic E-state index is 16.1. The number of amides is 2. The molecule has 4 atom stereocenters. The van der Waals surface area contributed by atoms with Crippen LogP contribution in [0.1, 0.15) is 52.7 Å². The number of nitrogens with zero attached hydrogens (tertiary/aromatic N) is 2. The van der Waals surface area contributed by atoms with Crippen LogP contribution in [0.15, 0.2) is 48.5 Å². The first-order valence-corrected chi connectivity index (χ1v) is 15.5. The fourth-order valence-electron chi connectivity index (χ4n) is 7.13. The van der Waals surface area contributed by atoms with Crippen molar-refractivity contribution in [3.63, 3.8) is 0 Å². The van der Waals surface area contributed by atoms with Crippen molar-refractivity contribution in [2.24, 2.45) is 11.8 Å². The van der Waals surface area contributed by atoms with Gasteiger partial charge in [-0.1, -0.05) is 41.4 Å². The lowest BCUT2D eigenvalue weighted by Crippen LogP contribution is -2.52. The summed E-state index contributed by atoms with van der Waals surface area (Å²) in [4.78, 5) is 53.7. The molecule has 3 aromatic rings. The third-order valence-electron chi connectivity index (χ3n) is 9.33. The van der Waals surface area contributed by atoms with Gasteiger partial charge in [0.05, 0.1) is 34.1 Å². The molecule has 48 heavy (non-hydrogen) atoms. The Morgan fingerprint density at radius 2 is 1.88 bits per heavy atom. The molecule has 2 fully saturated rings. The quantitative estimate of drug-likeness (QED) is 0.115. The zero-order chi connectivity index (χ0) is 34.9. The lowest BCUT2D eigenvalue weighted by molar-refractivity contribution is -0.384. The number of esters is 1. The first-order chi connectivity index (χ1) is 22.6. The molecule has 0 unspecified atom stereocenters. The molecule has 1 saturated heterocycles. The number of ether oxygens (including phenoxy) is 1. The Kier molecular flexibility index (Phi) is 8.41. The molecule has 2 N–H and O–H groups in total. The van der Waals surface area contributed by atoms with Crippen molar-refractivity contribution < 1.29 is 41.6 Å². The highest BCUT2D eigenvalue weighted by Gasteiger charge is 2.68. The number of carbonyl (C=O) groups excluding carboxylic acids is 3. The Hall–Kier alpha value is -4.27. The van der Waals surface area contributed by atoms with E-state index in [0.717, 1.165) is 20.0 Å². The van der Waals surface area contributed by atoms with Crippen molar-refractivity contribution in [1.82, 2.24) is 4.90 Å². The Morgan fingerprint density at radius 3 is 2.50 bits per heavy atom. The van der Waals surface area contributed by atoms with E-state index in [1.165, 1.54) is 24.3 Å². The maximum atomic E-state index is 16.1. The summed E-state index contributed by atoms with van der Waals surface area (Å²) in [6, 6.07) is 8.57. The van der Waals surface area contributed by atoms with Gasteiger partial charge in [-0.25, -0.2) is 9.18 Å². The van der Waals surface area contributed by atoms with E-state index in [1.807, 2.05) is 0 Å². The van der Waals surface area contributed by atoms with E-state index >= 15 is 4.39 Å². The van der Waals surface area contributed by atoms with Crippen LogP contribution in [0.3, 0.4) is 0 Å². The van der Waals surface area contributed by atoms with Crippen LogP contribution in [0, 0.1) is 27.8 Å². The fourth-order valence-corrected chi connectivity index (χ4v) is 7.48. The largest absolute Gasteiger partial charge is 0.465 e. The molecular formula is C32H26Cl2F4N4O6. The van der Waals surface area contributed by atoms with E-state index in [4.69, 9.17) is 23.2 Å². The molecule has 2 amide bonds. The molecule has 3 aromatic carbocycles. The van der Waals surface area contributed by atoms with E-state index in [1.54, 1.807) is 24.0 Å².